The van der Waals surface area contributed by atoms with Crippen molar-refractivity contribution in [3.8, 4) is 0 Å². The van der Waals surface area contributed by atoms with Gasteiger partial charge in [0.05, 0.1) is 0 Å². The first-order chi connectivity index (χ1) is 1.00. The zero-order valence-corrected chi connectivity index (χ0v) is 6.20. The summed E-state index contributed by atoms with van der Waals surface area (Å²) in [5.74, 6) is 0. The van der Waals surface area contributed by atoms with Crippen LogP contribution < -0.4 is 0 Å². The van der Waals surface area contributed by atoms with E-state index >= 15 is 0 Å². The molecule has 0 aromatic heterocycles. The van der Waals surface area contributed by atoms with Crippen LogP contribution in [0, 0.1) is 0 Å². The molecule has 0 saturated carbocycles. The Kier molecular flexibility index (Phi) is 193. The minimum Gasteiger partial charge on any atom is 0 e. The molecule has 26 valence electrons. The van der Waals surface area contributed by atoms with Gasteiger partial charge in [-0.15, -0.1) is 0 Å². The molecule has 0 aliphatic heterocycles. The Morgan fingerprint density at radius 3 is 1.20 bits per heavy atom. The second-order valence-electron chi connectivity index (χ2n) is 0. The summed E-state index contributed by atoms with van der Waals surface area (Å²) in [5.41, 5.74) is 0. The monoisotopic (exact) mass is 300 g/mol. The van der Waals surface area contributed by atoms with E-state index in [1.165, 1.54) is 0 Å². The van der Waals surface area contributed by atoms with Gasteiger partial charge in [-0.1, -0.05) is 0 Å². The molecule has 0 heterocycles. The van der Waals surface area contributed by atoms with Crippen LogP contribution in [0.1, 0.15) is 0 Å². The predicted octanol–water partition coefficient (Wildman–Crippen LogP) is -3.41. The maximum atomic E-state index is 8.28. The van der Waals surface area contributed by atoms with Crippen LogP contribution in [0.25, 0.3) is 0 Å². The molecule has 5 heavy (non-hydrogen) atoms. The average Bonchev–Trinajstić information content (AvgIpc) is 1.00. The summed E-state index contributed by atoms with van der Waals surface area (Å²) in [5, 5.41) is 0. The van der Waals surface area contributed by atoms with Gasteiger partial charge >= 0.3 is 45.6 Å². The van der Waals surface area contributed by atoms with Crippen molar-refractivity contribution in [3.05, 3.63) is 0 Å². The second kappa shape index (κ2) is 35.3. The van der Waals surface area contributed by atoms with E-state index in [9.17, 15) is 0 Å². The molecule has 0 atom stereocenters. The van der Waals surface area contributed by atoms with Crippen molar-refractivity contribution in [1.29, 1.82) is 0 Å². The predicted molar refractivity (Wildman–Crippen MR) is 29.1 cm³/mol. The fraction of sp³-hybridized carbons (Fsp3) is 0. The molecule has 0 fully saturated rings. The van der Waals surface area contributed by atoms with Gasteiger partial charge in [-0.3, -0.25) is 0 Å². The van der Waals surface area contributed by atoms with E-state index in [-0.39, 0.29) is 65.1 Å². The molecule has 0 aliphatic carbocycles. The number of rotatable bonds is 0. The van der Waals surface area contributed by atoms with Gasteiger partial charge in [0, 0.05) is 19.5 Å². The van der Waals surface area contributed by atoms with Gasteiger partial charge in [0.15, 0.2) is 0 Å². The van der Waals surface area contributed by atoms with Crippen LogP contribution in [0.5, 0.6) is 0 Å². The van der Waals surface area contributed by atoms with Gasteiger partial charge in [-0.05, 0) is 0 Å². The van der Waals surface area contributed by atoms with Gasteiger partial charge in [-0.25, -0.2) is 0 Å². The van der Waals surface area contributed by atoms with Crippen LogP contribution in [0.2, 0.25) is 0 Å². The molecule has 0 aromatic rings. The van der Waals surface area contributed by atoms with E-state index in [1.54, 1.807) is 0 Å². The minimum absolute atomic E-state index is 0. The third-order valence-electron chi connectivity index (χ3n) is 0. The van der Waals surface area contributed by atoms with E-state index in [0.29, 0.717) is 10.1 Å². The molecule has 0 unspecified atom stereocenters. The van der Waals surface area contributed by atoms with Crippen molar-refractivity contribution in [2.45, 2.75) is 0 Å². The molecule has 0 N–H and O–H groups in total. The first kappa shape index (κ1) is 27.3. The molecule has 0 amide bonds. The molecule has 0 aromatic carbocycles. The SMILES string of the molecule is O=[SiH2].[GaH3].[InH3].[Zn]. The van der Waals surface area contributed by atoms with Crippen molar-refractivity contribution >= 4 is 55.8 Å². The van der Waals surface area contributed by atoms with Crippen molar-refractivity contribution in [2.24, 2.45) is 0 Å². The topological polar surface area (TPSA) is 17.1 Å². The summed E-state index contributed by atoms with van der Waals surface area (Å²) in [6.45, 7) is 0. The maximum absolute atomic E-state index is 8.28. The molecule has 0 rings (SSSR count). The Bertz CT molecular complexity index is 11.6. The summed E-state index contributed by atoms with van der Waals surface area (Å²) in [6, 6.07) is 0. The molecule has 0 spiro atoms. The van der Waals surface area contributed by atoms with Gasteiger partial charge in [0.2, 0.25) is 10.1 Å². The third-order valence-corrected chi connectivity index (χ3v) is 0. The largest absolute Gasteiger partial charge is 0 e. The summed E-state index contributed by atoms with van der Waals surface area (Å²) >= 11 is 0. The Balaban J connectivity index is -0.00000000167. The van der Waals surface area contributed by atoms with Gasteiger partial charge in [0.25, 0.3) is 0 Å². The summed E-state index contributed by atoms with van der Waals surface area (Å²) in [7, 11) is 0.611. The van der Waals surface area contributed by atoms with E-state index in [0.717, 1.165) is 0 Å². The van der Waals surface area contributed by atoms with Crippen molar-refractivity contribution in [2.75, 3.05) is 0 Å². The van der Waals surface area contributed by atoms with Crippen LogP contribution in [0.15, 0.2) is 0 Å². The average molecular weight is 302 g/mol. The Morgan fingerprint density at radius 1 is 1.20 bits per heavy atom. The summed E-state index contributed by atoms with van der Waals surface area (Å²) in [6.07, 6.45) is 0. The van der Waals surface area contributed by atoms with Crippen molar-refractivity contribution < 1.29 is 23.9 Å². The Morgan fingerprint density at radius 2 is 1.20 bits per heavy atom. The number of hydrogen-bond acceptors (Lipinski definition) is 1. The molecular formula is H8GaInOSiZn. The first-order valence-electron chi connectivity index (χ1n) is 0.289. The Hall–Kier alpha value is 2.15. The van der Waals surface area contributed by atoms with E-state index < -0.39 is 0 Å². The second-order valence-corrected chi connectivity index (χ2v) is 0. The molecule has 0 radical (unpaired) electrons. The van der Waals surface area contributed by atoms with E-state index in [1.807, 2.05) is 0 Å². The van der Waals surface area contributed by atoms with Crippen LogP contribution in [-0.4, -0.2) is 55.8 Å². The molecule has 0 bridgehead atoms. The van der Waals surface area contributed by atoms with Crippen LogP contribution in [-0.2, 0) is 23.9 Å². The fourth-order valence-corrected chi connectivity index (χ4v) is 0. The third kappa shape index (κ3) is 22.9. The fourth-order valence-electron chi connectivity index (χ4n) is 0. The maximum Gasteiger partial charge on any atom is 0 e. The van der Waals surface area contributed by atoms with Crippen molar-refractivity contribution in [3.63, 3.8) is 0 Å². The zero-order valence-electron chi connectivity index (χ0n) is 1.82. The molecule has 1 nitrogen and oxygen atoms in total. The van der Waals surface area contributed by atoms with E-state index in [2.05, 4.69) is 0 Å². The zero-order chi connectivity index (χ0) is 2.00. The van der Waals surface area contributed by atoms with Crippen LogP contribution in [0.3, 0.4) is 0 Å². The number of hydrogen-bond donors (Lipinski definition) is 0. The smallest absolute Gasteiger partial charge is 0 e. The summed E-state index contributed by atoms with van der Waals surface area (Å²) < 4.78 is 8.28. The van der Waals surface area contributed by atoms with Gasteiger partial charge in [-0.2, -0.15) is 0 Å². The van der Waals surface area contributed by atoms with Gasteiger partial charge in [0.1, 0.15) is 0 Å². The first-order valence-corrected chi connectivity index (χ1v) is 0.866. The minimum atomic E-state index is 0. The quantitative estimate of drug-likeness (QED) is 0.426. The molecule has 5 heteroatoms. The summed E-state index contributed by atoms with van der Waals surface area (Å²) in [4.78, 5) is 0. The normalized spacial score (nSPS) is 0.800. The van der Waals surface area contributed by atoms with E-state index in [4.69, 9.17) is 4.46 Å². The van der Waals surface area contributed by atoms with Gasteiger partial charge < -0.3 is 4.46 Å². The van der Waals surface area contributed by atoms with Crippen LogP contribution >= 0.6 is 0 Å². The van der Waals surface area contributed by atoms with Crippen LogP contribution in [0.4, 0.5) is 0 Å². The standard InChI is InChI=1S/Ga.In.H2OSi.Zn.6H/c;;1-2;;;;;;;/h;;2H2;;;;;;;. The molecular weight excluding hydrogens is 294 g/mol. The van der Waals surface area contributed by atoms with Crippen molar-refractivity contribution in [1.82, 2.24) is 0 Å². The molecule has 0 saturated heterocycles. The molecule has 0 aliphatic rings. The Labute approximate surface area is 78.7 Å².